The topological polar surface area (TPSA) is 78.4 Å². The summed E-state index contributed by atoms with van der Waals surface area (Å²) in [6, 6.07) is 0. The SMILES string of the molecule is CC1(C(=O)NCC(=O)O)CCCNC1. The number of carbonyl (C=O) groups is 2. The molecular formula is C9H16N2O3. The molecule has 1 saturated heterocycles. The number of carboxylic acids is 1. The summed E-state index contributed by atoms with van der Waals surface area (Å²) in [6.45, 7) is 3.12. The van der Waals surface area contributed by atoms with Crippen LogP contribution in [0.15, 0.2) is 0 Å². The Hall–Kier alpha value is -1.10. The lowest BCUT2D eigenvalue weighted by molar-refractivity contribution is -0.140. The van der Waals surface area contributed by atoms with Crippen molar-refractivity contribution in [1.29, 1.82) is 0 Å². The van der Waals surface area contributed by atoms with Gasteiger partial charge in [-0.3, -0.25) is 9.59 Å². The number of hydrogen-bond acceptors (Lipinski definition) is 3. The Morgan fingerprint density at radius 2 is 2.29 bits per heavy atom. The molecule has 1 unspecified atom stereocenters. The van der Waals surface area contributed by atoms with Gasteiger partial charge in [-0.1, -0.05) is 0 Å². The minimum atomic E-state index is -1.01. The largest absolute Gasteiger partial charge is 0.480 e. The molecule has 1 fully saturated rings. The fraction of sp³-hybridized carbons (Fsp3) is 0.778. The van der Waals surface area contributed by atoms with Crippen LogP contribution >= 0.6 is 0 Å². The zero-order chi connectivity index (χ0) is 10.6. The summed E-state index contributed by atoms with van der Waals surface area (Å²) < 4.78 is 0. The first-order valence-corrected chi connectivity index (χ1v) is 4.75. The third-order valence-corrected chi connectivity index (χ3v) is 2.55. The van der Waals surface area contributed by atoms with Gasteiger partial charge in [-0.2, -0.15) is 0 Å². The molecule has 1 rings (SSSR count). The zero-order valence-corrected chi connectivity index (χ0v) is 8.30. The van der Waals surface area contributed by atoms with E-state index in [9.17, 15) is 9.59 Å². The van der Waals surface area contributed by atoms with Crippen LogP contribution in [0.1, 0.15) is 19.8 Å². The molecule has 0 spiro atoms. The Morgan fingerprint density at radius 3 is 2.79 bits per heavy atom. The first-order chi connectivity index (χ1) is 6.54. The van der Waals surface area contributed by atoms with E-state index in [1.165, 1.54) is 0 Å². The molecule has 0 saturated carbocycles. The van der Waals surface area contributed by atoms with Crippen LogP contribution in [0.3, 0.4) is 0 Å². The van der Waals surface area contributed by atoms with Gasteiger partial charge >= 0.3 is 5.97 Å². The molecule has 1 aliphatic heterocycles. The van der Waals surface area contributed by atoms with Crippen LogP contribution in [0.5, 0.6) is 0 Å². The quantitative estimate of drug-likeness (QED) is 0.578. The van der Waals surface area contributed by atoms with Gasteiger partial charge in [0.2, 0.25) is 5.91 Å². The number of aliphatic carboxylic acids is 1. The summed E-state index contributed by atoms with van der Waals surface area (Å²) >= 11 is 0. The van der Waals surface area contributed by atoms with E-state index in [0.29, 0.717) is 6.54 Å². The van der Waals surface area contributed by atoms with Gasteiger partial charge in [0.05, 0.1) is 5.41 Å². The second-order valence-electron chi connectivity index (χ2n) is 3.92. The van der Waals surface area contributed by atoms with Gasteiger partial charge in [0.15, 0.2) is 0 Å². The van der Waals surface area contributed by atoms with Crippen molar-refractivity contribution in [2.75, 3.05) is 19.6 Å². The van der Waals surface area contributed by atoms with Crippen molar-refractivity contribution in [3.8, 4) is 0 Å². The van der Waals surface area contributed by atoms with Crippen molar-refractivity contribution >= 4 is 11.9 Å². The lowest BCUT2D eigenvalue weighted by Crippen LogP contribution is -2.49. The summed E-state index contributed by atoms with van der Waals surface area (Å²) in [5.41, 5.74) is -0.451. The molecule has 5 heteroatoms. The molecule has 0 bridgehead atoms. The highest BCUT2D eigenvalue weighted by molar-refractivity contribution is 5.85. The fourth-order valence-corrected chi connectivity index (χ4v) is 1.62. The van der Waals surface area contributed by atoms with E-state index in [1.807, 2.05) is 6.92 Å². The lowest BCUT2D eigenvalue weighted by atomic mass is 9.82. The number of hydrogen-bond donors (Lipinski definition) is 3. The van der Waals surface area contributed by atoms with Gasteiger partial charge in [0.1, 0.15) is 6.54 Å². The summed E-state index contributed by atoms with van der Waals surface area (Å²) in [6.07, 6.45) is 1.77. The van der Waals surface area contributed by atoms with Gasteiger partial charge in [-0.25, -0.2) is 0 Å². The Labute approximate surface area is 82.9 Å². The van der Waals surface area contributed by atoms with Crippen molar-refractivity contribution in [2.45, 2.75) is 19.8 Å². The highest BCUT2D eigenvalue weighted by Crippen LogP contribution is 2.25. The average Bonchev–Trinajstić information content (AvgIpc) is 2.15. The van der Waals surface area contributed by atoms with Gasteiger partial charge < -0.3 is 15.7 Å². The standard InChI is InChI=1S/C9H16N2O3/c1-9(3-2-4-10-6-9)8(14)11-5-7(12)13/h10H,2-6H2,1H3,(H,11,14)(H,12,13). The van der Waals surface area contributed by atoms with Crippen molar-refractivity contribution < 1.29 is 14.7 Å². The van der Waals surface area contributed by atoms with E-state index >= 15 is 0 Å². The zero-order valence-electron chi connectivity index (χ0n) is 8.30. The summed E-state index contributed by atoms with van der Waals surface area (Å²) in [5, 5.41) is 14.0. The summed E-state index contributed by atoms with van der Waals surface area (Å²) in [4.78, 5) is 21.9. The van der Waals surface area contributed by atoms with E-state index in [1.54, 1.807) is 0 Å². The van der Waals surface area contributed by atoms with E-state index in [0.717, 1.165) is 19.4 Å². The van der Waals surface area contributed by atoms with Crippen LogP contribution in [0, 0.1) is 5.41 Å². The molecule has 1 aliphatic rings. The molecule has 1 amide bonds. The molecule has 0 radical (unpaired) electrons. The van der Waals surface area contributed by atoms with Gasteiger partial charge in [-0.15, -0.1) is 0 Å². The number of carbonyl (C=O) groups excluding carboxylic acids is 1. The molecule has 3 N–H and O–H groups in total. The third-order valence-electron chi connectivity index (χ3n) is 2.55. The molecule has 0 aromatic rings. The van der Waals surface area contributed by atoms with Crippen LogP contribution in [-0.4, -0.2) is 36.6 Å². The highest BCUT2D eigenvalue weighted by atomic mass is 16.4. The number of amides is 1. The second kappa shape index (κ2) is 4.41. The van der Waals surface area contributed by atoms with Crippen LogP contribution < -0.4 is 10.6 Å². The molecule has 80 valence electrons. The first kappa shape index (κ1) is 11.0. The van der Waals surface area contributed by atoms with Crippen LogP contribution in [0.25, 0.3) is 0 Å². The predicted octanol–water partition coefficient (Wildman–Crippen LogP) is -0.423. The number of nitrogens with one attached hydrogen (secondary N) is 2. The van der Waals surface area contributed by atoms with Crippen molar-refractivity contribution in [3.63, 3.8) is 0 Å². The van der Waals surface area contributed by atoms with Gasteiger partial charge in [-0.05, 0) is 26.3 Å². The number of carboxylic acid groups (broad SMARTS) is 1. The Bertz CT molecular complexity index is 234. The monoisotopic (exact) mass is 200 g/mol. The van der Waals surface area contributed by atoms with E-state index < -0.39 is 11.4 Å². The second-order valence-corrected chi connectivity index (χ2v) is 3.92. The Balaban J connectivity index is 2.45. The van der Waals surface area contributed by atoms with Crippen LogP contribution in [-0.2, 0) is 9.59 Å². The fourth-order valence-electron chi connectivity index (χ4n) is 1.62. The smallest absolute Gasteiger partial charge is 0.322 e. The van der Waals surface area contributed by atoms with Crippen molar-refractivity contribution in [1.82, 2.24) is 10.6 Å². The van der Waals surface area contributed by atoms with Crippen LogP contribution in [0.2, 0.25) is 0 Å². The molecule has 0 aromatic carbocycles. The Morgan fingerprint density at radius 1 is 1.57 bits per heavy atom. The molecule has 14 heavy (non-hydrogen) atoms. The maximum atomic E-state index is 11.6. The molecule has 0 aliphatic carbocycles. The molecule has 1 heterocycles. The molecule has 0 aromatic heterocycles. The number of rotatable bonds is 3. The van der Waals surface area contributed by atoms with E-state index in [2.05, 4.69) is 10.6 Å². The number of piperidine rings is 1. The first-order valence-electron chi connectivity index (χ1n) is 4.75. The van der Waals surface area contributed by atoms with E-state index in [-0.39, 0.29) is 12.5 Å². The maximum absolute atomic E-state index is 11.6. The van der Waals surface area contributed by atoms with E-state index in [4.69, 9.17) is 5.11 Å². The lowest BCUT2D eigenvalue weighted by Gasteiger charge is -2.32. The van der Waals surface area contributed by atoms with Gasteiger partial charge in [0, 0.05) is 6.54 Å². The molecular weight excluding hydrogens is 184 g/mol. The minimum absolute atomic E-state index is 0.174. The minimum Gasteiger partial charge on any atom is -0.480 e. The van der Waals surface area contributed by atoms with Crippen LogP contribution in [0.4, 0.5) is 0 Å². The maximum Gasteiger partial charge on any atom is 0.322 e. The Kier molecular flexibility index (Phi) is 3.46. The summed E-state index contributed by atoms with van der Waals surface area (Å²) in [5.74, 6) is -1.18. The summed E-state index contributed by atoms with van der Waals surface area (Å²) in [7, 11) is 0. The average molecular weight is 200 g/mol. The third kappa shape index (κ3) is 2.70. The normalized spacial score (nSPS) is 26.9. The molecule has 5 nitrogen and oxygen atoms in total. The van der Waals surface area contributed by atoms with Gasteiger partial charge in [0.25, 0.3) is 0 Å². The van der Waals surface area contributed by atoms with Crippen molar-refractivity contribution in [3.05, 3.63) is 0 Å². The molecule has 1 atom stereocenters. The highest BCUT2D eigenvalue weighted by Gasteiger charge is 2.34. The predicted molar refractivity (Wildman–Crippen MR) is 50.9 cm³/mol. The van der Waals surface area contributed by atoms with Crippen molar-refractivity contribution in [2.24, 2.45) is 5.41 Å².